The van der Waals surface area contributed by atoms with E-state index in [0.717, 1.165) is 44.3 Å². The molecule has 0 heterocycles. The fourth-order valence-electron chi connectivity index (χ4n) is 2.11. The Labute approximate surface area is 104 Å². The van der Waals surface area contributed by atoms with Crippen LogP contribution in [0.15, 0.2) is 23.8 Å². The number of carbonyl (C=O) groups is 1. The number of nitrogens with two attached hydrogens (primary N) is 1. The van der Waals surface area contributed by atoms with Gasteiger partial charge in [0.05, 0.1) is 0 Å². The Balaban J connectivity index is 2.65. The van der Waals surface area contributed by atoms with Gasteiger partial charge in [0.2, 0.25) is 5.91 Å². The maximum atomic E-state index is 12.3. The number of nitrogens with zero attached hydrogens (tertiary/aromatic N) is 1. The third kappa shape index (κ3) is 4.00. The molecule has 0 saturated carbocycles. The molecule has 0 radical (unpaired) electrons. The second kappa shape index (κ2) is 7.28. The molecule has 96 valence electrons. The number of amides is 1. The van der Waals surface area contributed by atoms with Gasteiger partial charge in [-0.05, 0) is 31.3 Å². The second-order valence-corrected chi connectivity index (χ2v) is 4.51. The van der Waals surface area contributed by atoms with Crippen LogP contribution in [-0.4, -0.2) is 29.9 Å². The fourth-order valence-corrected chi connectivity index (χ4v) is 2.11. The van der Waals surface area contributed by atoms with Crippen LogP contribution in [0, 0.1) is 0 Å². The maximum absolute atomic E-state index is 12.3. The van der Waals surface area contributed by atoms with E-state index < -0.39 is 6.04 Å². The first-order valence-electron chi connectivity index (χ1n) is 6.60. The summed E-state index contributed by atoms with van der Waals surface area (Å²) in [4.78, 5) is 14.2. The summed E-state index contributed by atoms with van der Waals surface area (Å²) in [6, 6.07) is -0.446. The Kier molecular flexibility index (Phi) is 5.98. The van der Waals surface area contributed by atoms with Gasteiger partial charge in [-0.1, -0.05) is 32.1 Å². The van der Waals surface area contributed by atoms with E-state index in [2.05, 4.69) is 19.9 Å². The third-order valence-electron chi connectivity index (χ3n) is 3.01. The van der Waals surface area contributed by atoms with Crippen LogP contribution in [-0.2, 0) is 4.79 Å². The summed E-state index contributed by atoms with van der Waals surface area (Å²) in [7, 11) is 0. The molecule has 3 heteroatoms. The molecule has 0 aromatic carbocycles. The molecule has 1 atom stereocenters. The zero-order valence-corrected chi connectivity index (χ0v) is 11.0. The molecular formula is C14H24N2O. The minimum atomic E-state index is -0.446. The van der Waals surface area contributed by atoms with Gasteiger partial charge in [-0.2, -0.15) is 0 Å². The van der Waals surface area contributed by atoms with Crippen LogP contribution >= 0.6 is 0 Å². The highest BCUT2D eigenvalue weighted by molar-refractivity contribution is 5.85. The van der Waals surface area contributed by atoms with Crippen molar-refractivity contribution in [2.75, 3.05) is 13.1 Å². The van der Waals surface area contributed by atoms with Crippen LogP contribution in [0.1, 0.15) is 39.5 Å². The van der Waals surface area contributed by atoms with E-state index in [1.807, 2.05) is 17.1 Å². The van der Waals surface area contributed by atoms with E-state index in [4.69, 9.17) is 5.73 Å². The van der Waals surface area contributed by atoms with Crippen molar-refractivity contribution < 1.29 is 4.79 Å². The molecule has 1 rings (SSSR count). The van der Waals surface area contributed by atoms with Crippen molar-refractivity contribution in [3.63, 3.8) is 0 Å². The van der Waals surface area contributed by atoms with E-state index in [-0.39, 0.29) is 5.91 Å². The molecule has 3 nitrogen and oxygen atoms in total. The molecule has 0 fully saturated rings. The van der Waals surface area contributed by atoms with Crippen LogP contribution in [0.25, 0.3) is 0 Å². The van der Waals surface area contributed by atoms with E-state index in [0.29, 0.717) is 0 Å². The normalized spacial score (nSPS) is 16.5. The number of carbonyl (C=O) groups excluding carboxylic acids is 1. The summed E-state index contributed by atoms with van der Waals surface area (Å²) in [5.41, 5.74) is 7.12. The van der Waals surface area contributed by atoms with Gasteiger partial charge < -0.3 is 10.6 Å². The van der Waals surface area contributed by atoms with Crippen LogP contribution < -0.4 is 5.73 Å². The topological polar surface area (TPSA) is 46.3 Å². The zero-order valence-electron chi connectivity index (χ0n) is 11.0. The molecule has 0 saturated heterocycles. The standard InChI is InChI=1S/C14H24N2O/c1-3-10-16(11-4-2)14(17)13(15)12-8-6-5-7-9-12/h5-6,8,13H,3-4,7,9-11,15H2,1-2H3. The van der Waals surface area contributed by atoms with Crippen molar-refractivity contribution >= 4 is 5.91 Å². The molecule has 0 bridgehead atoms. The van der Waals surface area contributed by atoms with E-state index >= 15 is 0 Å². The third-order valence-corrected chi connectivity index (χ3v) is 3.01. The molecule has 17 heavy (non-hydrogen) atoms. The highest BCUT2D eigenvalue weighted by Gasteiger charge is 2.23. The second-order valence-electron chi connectivity index (χ2n) is 4.51. The lowest BCUT2D eigenvalue weighted by atomic mass is 9.97. The first kappa shape index (κ1) is 14.0. The van der Waals surface area contributed by atoms with Gasteiger partial charge in [0.15, 0.2) is 0 Å². The molecule has 0 aliphatic heterocycles. The predicted molar refractivity (Wildman–Crippen MR) is 71.6 cm³/mol. The average molecular weight is 236 g/mol. The zero-order chi connectivity index (χ0) is 12.7. The lowest BCUT2D eigenvalue weighted by molar-refractivity contribution is -0.131. The Bertz CT molecular complexity index is 301. The van der Waals surface area contributed by atoms with Crippen molar-refractivity contribution in [3.05, 3.63) is 23.8 Å². The summed E-state index contributed by atoms with van der Waals surface area (Å²) in [5, 5.41) is 0. The van der Waals surface area contributed by atoms with Crippen molar-refractivity contribution in [3.8, 4) is 0 Å². The first-order valence-corrected chi connectivity index (χ1v) is 6.60. The highest BCUT2D eigenvalue weighted by atomic mass is 16.2. The van der Waals surface area contributed by atoms with Crippen LogP contribution in [0.4, 0.5) is 0 Å². The smallest absolute Gasteiger partial charge is 0.243 e. The van der Waals surface area contributed by atoms with E-state index in [1.165, 1.54) is 0 Å². The van der Waals surface area contributed by atoms with E-state index in [1.54, 1.807) is 0 Å². The van der Waals surface area contributed by atoms with Gasteiger partial charge >= 0.3 is 0 Å². The van der Waals surface area contributed by atoms with Gasteiger partial charge in [0.1, 0.15) is 6.04 Å². The molecule has 1 aliphatic carbocycles. The number of allylic oxidation sites excluding steroid dienone is 3. The molecule has 0 aromatic heterocycles. The lowest BCUT2D eigenvalue weighted by Crippen LogP contribution is -2.45. The summed E-state index contributed by atoms with van der Waals surface area (Å²) in [5.74, 6) is 0.0789. The average Bonchev–Trinajstić information content (AvgIpc) is 2.38. The van der Waals surface area contributed by atoms with Crippen LogP contribution in [0.5, 0.6) is 0 Å². The molecule has 2 N–H and O–H groups in total. The van der Waals surface area contributed by atoms with Crippen LogP contribution in [0.2, 0.25) is 0 Å². The Morgan fingerprint density at radius 1 is 1.41 bits per heavy atom. The number of hydrogen-bond donors (Lipinski definition) is 1. The minimum absolute atomic E-state index is 0.0789. The molecule has 0 aromatic rings. The molecule has 1 aliphatic rings. The monoisotopic (exact) mass is 236 g/mol. The largest absolute Gasteiger partial charge is 0.341 e. The van der Waals surface area contributed by atoms with Gasteiger partial charge in [0.25, 0.3) is 0 Å². The predicted octanol–water partition coefficient (Wildman–Crippen LogP) is 2.24. The fraction of sp³-hybridized carbons (Fsp3) is 0.643. The Morgan fingerprint density at radius 3 is 2.53 bits per heavy atom. The minimum Gasteiger partial charge on any atom is -0.341 e. The van der Waals surface area contributed by atoms with Gasteiger partial charge in [-0.3, -0.25) is 4.79 Å². The highest BCUT2D eigenvalue weighted by Crippen LogP contribution is 2.16. The number of rotatable bonds is 6. The van der Waals surface area contributed by atoms with Crippen molar-refractivity contribution in [2.45, 2.75) is 45.6 Å². The molecular weight excluding hydrogens is 212 g/mol. The summed E-state index contributed by atoms with van der Waals surface area (Å²) < 4.78 is 0. The summed E-state index contributed by atoms with van der Waals surface area (Å²) in [6.45, 7) is 5.79. The number of hydrogen-bond acceptors (Lipinski definition) is 2. The van der Waals surface area contributed by atoms with Crippen molar-refractivity contribution in [1.29, 1.82) is 0 Å². The Hall–Kier alpha value is -1.09. The lowest BCUT2D eigenvalue weighted by Gasteiger charge is -2.26. The molecule has 1 unspecified atom stereocenters. The summed E-state index contributed by atoms with van der Waals surface area (Å²) >= 11 is 0. The SMILES string of the molecule is CCCN(CCC)C(=O)C(N)C1=CC=CCC1. The molecule has 0 spiro atoms. The first-order chi connectivity index (χ1) is 8.20. The quantitative estimate of drug-likeness (QED) is 0.768. The van der Waals surface area contributed by atoms with Crippen LogP contribution in [0.3, 0.4) is 0 Å². The van der Waals surface area contributed by atoms with Crippen molar-refractivity contribution in [2.24, 2.45) is 5.73 Å². The maximum Gasteiger partial charge on any atom is 0.243 e. The van der Waals surface area contributed by atoms with Gasteiger partial charge in [-0.15, -0.1) is 0 Å². The summed E-state index contributed by atoms with van der Waals surface area (Å²) in [6.07, 6.45) is 9.97. The Morgan fingerprint density at radius 2 is 2.06 bits per heavy atom. The van der Waals surface area contributed by atoms with Gasteiger partial charge in [-0.25, -0.2) is 0 Å². The van der Waals surface area contributed by atoms with Crippen molar-refractivity contribution in [1.82, 2.24) is 4.90 Å². The van der Waals surface area contributed by atoms with Gasteiger partial charge in [0, 0.05) is 13.1 Å². The molecule has 1 amide bonds. The van der Waals surface area contributed by atoms with E-state index in [9.17, 15) is 4.79 Å².